The smallest absolute Gasteiger partial charge is 0.200 e. The third kappa shape index (κ3) is 3.23. The summed E-state index contributed by atoms with van der Waals surface area (Å²) in [5, 5.41) is 9.67. The average molecular weight is 414 g/mol. The number of carbonyl (C=O) groups excluding carboxylic acids is 1. The van der Waals surface area contributed by atoms with Gasteiger partial charge in [0, 0.05) is 29.7 Å². The van der Waals surface area contributed by atoms with E-state index in [0.29, 0.717) is 22.3 Å². The van der Waals surface area contributed by atoms with Gasteiger partial charge in [-0.15, -0.1) is 10.2 Å². The number of Topliss-reactive ketones (excluding diaryl/α,β-unsaturated/α-hetero) is 1. The van der Waals surface area contributed by atoms with E-state index >= 15 is 0 Å². The topological polar surface area (TPSA) is 76.7 Å². The molecule has 0 saturated heterocycles. The van der Waals surface area contributed by atoms with Crippen LogP contribution >= 0.6 is 11.8 Å². The Labute approximate surface area is 176 Å². The standard InChI is InChI=1S/C23H18N4O2S/c1-27-22(19-12-7-13-29-19)25-26-23(27)30-21(15-8-3-2-4-9-15)20(28)17-14-24-18-11-6-5-10-16(17)18/h2-14,21,24H,1H3/t21-/m1/s1. The van der Waals surface area contributed by atoms with Gasteiger partial charge >= 0.3 is 0 Å². The minimum atomic E-state index is -0.460. The molecule has 1 N–H and O–H groups in total. The monoisotopic (exact) mass is 414 g/mol. The van der Waals surface area contributed by atoms with Gasteiger partial charge in [-0.05, 0) is 23.8 Å². The van der Waals surface area contributed by atoms with Crippen LogP contribution in [-0.2, 0) is 7.05 Å². The predicted octanol–water partition coefficient (Wildman–Crippen LogP) is 5.27. The summed E-state index contributed by atoms with van der Waals surface area (Å²) in [4.78, 5) is 16.9. The summed E-state index contributed by atoms with van der Waals surface area (Å²) >= 11 is 1.39. The molecule has 30 heavy (non-hydrogen) atoms. The van der Waals surface area contributed by atoms with Crippen molar-refractivity contribution in [2.75, 3.05) is 0 Å². The van der Waals surface area contributed by atoms with Gasteiger partial charge in [0.25, 0.3) is 0 Å². The zero-order valence-corrected chi connectivity index (χ0v) is 17.0. The van der Waals surface area contributed by atoms with E-state index in [1.807, 2.05) is 78.3 Å². The lowest BCUT2D eigenvalue weighted by Crippen LogP contribution is -2.11. The first-order valence-electron chi connectivity index (χ1n) is 9.47. The van der Waals surface area contributed by atoms with Gasteiger partial charge in [-0.3, -0.25) is 4.79 Å². The number of para-hydroxylation sites is 1. The number of aromatic amines is 1. The van der Waals surface area contributed by atoms with Gasteiger partial charge in [0.05, 0.1) is 6.26 Å². The minimum Gasteiger partial charge on any atom is -0.461 e. The Kier molecular flexibility index (Phi) is 4.72. The number of thioether (sulfide) groups is 1. The molecule has 148 valence electrons. The van der Waals surface area contributed by atoms with Crippen molar-refractivity contribution in [3.05, 3.63) is 90.3 Å². The fraction of sp³-hybridized carbons (Fsp3) is 0.0870. The summed E-state index contributed by atoms with van der Waals surface area (Å²) in [5.74, 6) is 1.27. The molecule has 0 aliphatic carbocycles. The summed E-state index contributed by atoms with van der Waals surface area (Å²) < 4.78 is 7.30. The van der Waals surface area contributed by atoms with Crippen molar-refractivity contribution in [1.82, 2.24) is 19.7 Å². The van der Waals surface area contributed by atoms with E-state index in [2.05, 4.69) is 15.2 Å². The quantitative estimate of drug-likeness (QED) is 0.302. The number of nitrogens with one attached hydrogen (secondary N) is 1. The molecule has 6 nitrogen and oxygen atoms in total. The number of hydrogen-bond donors (Lipinski definition) is 1. The molecule has 2 aromatic carbocycles. The largest absolute Gasteiger partial charge is 0.461 e. The van der Waals surface area contributed by atoms with Gasteiger partial charge in [-0.2, -0.15) is 0 Å². The second-order valence-corrected chi connectivity index (χ2v) is 7.94. The number of carbonyl (C=O) groups is 1. The van der Waals surface area contributed by atoms with Crippen LogP contribution in [0.2, 0.25) is 0 Å². The van der Waals surface area contributed by atoms with Crippen LogP contribution in [-0.4, -0.2) is 25.5 Å². The van der Waals surface area contributed by atoms with Crippen LogP contribution in [0.4, 0.5) is 0 Å². The molecular formula is C23H18N4O2S. The van der Waals surface area contributed by atoms with E-state index in [-0.39, 0.29) is 5.78 Å². The number of ketones is 1. The molecule has 0 aliphatic rings. The van der Waals surface area contributed by atoms with Crippen LogP contribution in [0.25, 0.3) is 22.5 Å². The first kappa shape index (κ1) is 18.4. The zero-order valence-electron chi connectivity index (χ0n) is 16.1. The predicted molar refractivity (Wildman–Crippen MR) is 116 cm³/mol. The summed E-state index contributed by atoms with van der Waals surface area (Å²) in [6, 6.07) is 21.2. The molecule has 0 unspecified atom stereocenters. The summed E-state index contributed by atoms with van der Waals surface area (Å²) in [7, 11) is 1.87. The molecule has 0 saturated carbocycles. The maximum atomic E-state index is 13.7. The third-order valence-electron chi connectivity index (χ3n) is 4.99. The van der Waals surface area contributed by atoms with Crippen LogP contribution in [0.1, 0.15) is 21.2 Å². The van der Waals surface area contributed by atoms with E-state index in [4.69, 9.17) is 4.42 Å². The summed E-state index contributed by atoms with van der Waals surface area (Å²) in [5.41, 5.74) is 2.53. The summed E-state index contributed by atoms with van der Waals surface area (Å²) in [6.45, 7) is 0. The van der Waals surface area contributed by atoms with E-state index in [1.54, 1.807) is 12.5 Å². The highest BCUT2D eigenvalue weighted by atomic mass is 32.2. The SMILES string of the molecule is Cn1c(S[C@@H](C(=O)c2c[nH]c3ccccc23)c2ccccc2)nnc1-c1ccco1. The average Bonchev–Trinajstić information content (AvgIpc) is 3.52. The number of nitrogens with zero attached hydrogens (tertiary/aromatic N) is 3. The lowest BCUT2D eigenvalue weighted by Gasteiger charge is -2.15. The van der Waals surface area contributed by atoms with Crippen molar-refractivity contribution in [1.29, 1.82) is 0 Å². The molecule has 5 rings (SSSR count). The fourth-order valence-corrected chi connectivity index (χ4v) is 4.53. The first-order chi connectivity index (χ1) is 14.7. The molecule has 0 bridgehead atoms. The Bertz CT molecular complexity index is 1310. The Morgan fingerprint density at radius 3 is 2.63 bits per heavy atom. The van der Waals surface area contributed by atoms with Crippen LogP contribution in [0, 0.1) is 0 Å². The van der Waals surface area contributed by atoms with Crippen molar-refractivity contribution < 1.29 is 9.21 Å². The van der Waals surface area contributed by atoms with Gasteiger partial charge in [-0.1, -0.05) is 60.3 Å². The Morgan fingerprint density at radius 2 is 1.83 bits per heavy atom. The number of hydrogen-bond acceptors (Lipinski definition) is 5. The lowest BCUT2D eigenvalue weighted by atomic mass is 10.0. The summed E-state index contributed by atoms with van der Waals surface area (Å²) in [6.07, 6.45) is 3.39. The normalized spacial score (nSPS) is 12.3. The number of H-pyrrole nitrogens is 1. The first-order valence-corrected chi connectivity index (χ1v) is 10.4. The zero-order chi connectivity index (χ0) is 20.5. The van der Waals surface area contributed by atoms with Crippen molar-refractivity contribution in [2.24, 2.45) is 7.05 Å². The molecular weight excluding hydrogens is 396 g/mol. The van der Waals surface area contributed by atoms with Crippen LogP contribution in [0.5, 0.6) is 0 Å². The van der Waals surface area contributed by atoms with Crippen molar-refractivity contribution >= 4 is 28.4 Å². The molecule has 1 atom stereocenters. The van der Waals surface area contributed by atoms with Gasteiger partial charge < -0.3 is 14.0 Å². The molecule has 5 aromatic rings. The second-order valence-electron chi connectivity index (χ2n) is 6.86. The Balaban J connectivity index is 1.55. The van der Waals surface area contributed by atoms with E-state index in [1.165, 1.54) is 11.8 Å². The maximum Gasteiger partial charge on any atom is 0.200 e. The van der Waals surface area contributed by atoms with Crippen LogP contribution in [0.3, 0.4) is 0 Å². The molecule has 3 aromatic heterocycles. The van der Waals surface area contributed by atoms with Crippen molar-refractivity contribution in [2.45, 2.75) is 10.4 Å². The molecule has 0 fully saturated rings. The van der Waals surface area contributed by atoms with Crippen molar-refractivity contribution in [3.8, 4) is 11.6 Å². The van der Waals surface area contributed by atoms with E-state index in [0.717, 1.165) is 16.5 Å². The van der Waals surface area contributed by atoms with E-state index < -0.39 is 5.25 Å². The van der Waals surface area contributed by atoms with Crippen LogP contribution < -0.4 is 0 Å². The maximum absolute atomic E-state index is 13.7. The number of aromatic nitrogens is 4. The van der Waals surface area contributed by atoms with Crippen molar-refractivity contribution in [3.63, 3.8) is 0 Å². The molecule has 7 heteroatoms. The number of furan rings is 1. The Hall–Kier alpha value is -3.58. The molecule has 0 aliphatic heterocycles. The fourth-order valence-electron chi connectivity index (χ4n) is 3.46. The van der Waals surface area contributed by atoms with Gasteiger partial charge in [0.15, 0.2) is 22.5 Å². The minimum absolute atomic E-state index is 0.0196. The second kappa shape index (κ2) is 7.68. The highest BCUT2D eigenvalue weighted by Gasteiger charge is 2.28. The number of fused-ring (bicyclic) bond motifs is 1. The molecule has 0 spiro atoms. The van der Waals surface area contributed by atoms with Gasteiger partial charge in [0.1, 0.15) is 5.25 Å². The number of rotatable bonds is 6. The molecule has 0 amide bonds. The Morgan fingerprint density at radius 1 is 1.03 bits per heavy atom. The number of benzene rings is 2. The third-order valence-corrected chi connectivity index (χ3v) is 6.28. The lowest BCUT2D eigenvalue weighted by molar-refractivity contribution is 0.0991. The molecule has 0 radical (unpaired) electrons. The van der Waals surface area contributed by atoms with E-state index in [9.17, 15) is 4.79 Å². The molecule has 3 heterocycles. The van der Waals surface area contributed by atoms with Crippen LogP contribution in [0.15, 0.2) is 88.8 Å². The van der Waals surface area contributed by atoms with Gasteiger partial charge in [-0.25, -0.2) is 0 Å². The highest BCUT2D eigenvalue weighted by molar-refractivity contribution is 8.00. The van der Waals surface area contributed by atoms with Gasteiger partial charge in [0.2, 0.25) is 0 Å². The highest BCUT2D eigenvalue weighted by Crippen LogP contribution is 2.39.